The second-order valence-electron chi connectivity index (χ2n) is 6.90. The zero-order valence-electron chi connectivity index (χ0n) is 16.3. The Labute approximate surface area is 171 Å². The van der Waals surface area contributed by atoms with E-state index in [2.05, 4.69) is 20.8 Å². The van der Waals surface area contributed by atoms with Gasteiger partial charge in [0.05, 0.1) is 0 Å². The Balaban J connectivity index is 1.59. The largest absolute Gasteiger partial charge is 0.455 e. The fourth-order valence-electron chi connectivity index (χ4n) is 3.30. The van der Waals surface area contributed by atoms with Gasteiger partial charge in [0.1, 0.15) is 22.2 Å². The number of furan rings is 1. The second kappa shape index (κ2) is 7.61. The number of anilines is 1. The Morgan fingerprint density at radius 1 is 1.20 bits per heavy atom. The summed E-state index contributed by atoms with van der Waals surface area (Å²) in [5.41, 5.74) is 0.326. The van der Waals surface area contributed by atoms with Crippen LogP contribution in [0.5, 0.6) is 0 Å². The molecule has 1 aliphatic rings. The first kappa shape index (κ1) is 20.2. The quantitative estimate of drug-likeness (QED) is 0.652. The van der Waals surface area contributed by atoms with Crippen molar-refractivity contribution in [1.82, 2.24) is 24.5 Å². The smallest absolute Gasteiger partial charge is 0.291 e. The summed E-state index contributed by atoms with van der Waals surface area (Å²) in [4.78, 5) is 12.6. The highest BCUT2D eigenvalue weighted by Gasteiger charge is 2.31. The highest BCUT2D eigenvalue weighted by Crippen LogP contribution is 2.27. The number of carbonyl (C=O) groups is 1. The Bertz CT molecular complexity index is 1210. The molecule has 10 nitrogen and oxygen atoms in total. The Kier molecular flexibility index (Phi) is 5.12. The van der Waals surface area contributed by atoms with Crippen molar-refractivity contribution in [3.05, 3.63) is 47.4 Å². The Hall–Kier alpha value is -3.12. The van der Waals surface area contributed by atoms with Gasteiger partial charge in [-0.05, 0) is 55.3 Å². The molecule has 1 aromatic carbocycles. The van der Waals surface area contributed by atoms with E-state index in [1.165, 1.54) is 40.2 Å². The van der Waals surface area contributed by atoms with E-state index in [1.54, 1.807) is 6.92 Å². The highest BCUT2D eigenvalue weighted by atomic mass is 32.2. The predicted octanol–water partition coefficient (Wildman–Crippen LogP) is 2.05. The van der Waals surface area contributed by atoms with Crippen LogP contribution >= 0.6 is 0 Å². The van der Waals surface area contributed by atoms with Gasteiger partial charge < -0.3 is 9.73 Å². The maximum atomic E-state index is 14.2. The maximum Gasteiger partial charge on any atom is 0.291 e. The third kappa shape index (κ3) is 3.59. The lowest BCUT2D eigenvalue weighted by molar-refractivity contribution is 0.0995. The van der Waals surface area contributed by atoms with E-state index in [0.29, 0.717) is 18.9 Å². The normalized spacial score (nSPS) is 14.9. The van der Waals surface area contributed by atoms with Crippen molar-refractivity contribution in [2.45, 2.75) is 31.6 Å². The molecule has 4 rings (SSSR count). The Morgan fingerprint density at radius 3 is 2.60 bits per heavy atom. The summed E-state index contributed by atoms with van der Waals surface area (Å²) in [7, 11) is -3.72. The van der Waals surface area contributed by atoms with E-state index in [1.807, 2.05) is 0 Å². The summed E-state index contributed by atoms with van der Waals surface area (Å²) in [5.74, 6) is -0.884. The van der Waals surface area contributed by atoms with Crippen molar-refractivity contribution in [2.24, 2.45) is 0 Å². The molecule has 30 heavy (non-hydrogen) atoms. The van der Waals surface area contributed by atoms with Gasteiger partial charge in [-0.3, -0.25) is 4.79 Å². The zero-order valence-corrected chi connectivity index (χ0v) is 17.1. The summed E-state index contributed by atoms with van der Waals surface area (Å²) in [5, 5.41) is 13.5. The number of nitrogens with zero attached hydrogens (tertiary/aromatic N) is 5. The van der Waals surface area contributed by atoms with E-state index >= 15 is 0 Å². The first-order valence-corrected chi connectivity index (χ1v) is 10.7. The minimum atomic E-state index is -3.72. The van der Waals surface area contributed by atoms with Crippen molar-refractivity contribution >= 4 is 21.6 Å². The van der Waals surface area contributed by atoms with E-state index in [4.69, 9.17) is 4.42 Å². The third-order valence-corrected chi connectivity index (χ3v) is 6.84. The van der Waals surface area contributed by atoms with Gasteiger partial charge in [0.15, 0.2) is 11.6 Å². The highest BCUT2D eigenvalue weighted by molar-refractivity contribution is 7.89. The number of aryl methyl sites for hydroxylation is 2. The van der Waals surface area contributed by atoms with Crippen LogP contribution in [0.4, 0.5) is 10.1 Å². The number of sulfonamides is 1. The van der Waals surface area contributed by atoms with Gasteiger partial charge in [0, 0.05) is 24.8 Å². The number of benzene rings is 1. The van der Waals surface area contributed by atoms with Gasteiger partial charge in [-0.25, -0.2) is 12.8 Å². The third-order valence-electron chi connectivity index (χ3n) is 4.84. The fraction of sp³-hybridized carbons (Fsp3) is 0.333. The van der Waals surface area contributed by atoms with Gasteiger partial charge in [-0.1, -0.05) is 0 Å². The fourth-order valence-corrected chi connectivity index (χ4v) is 4.98. The first-order valence-electron chi connectivity index (χ1n) is 9.24. The van der Waals surface area contributed by atoms with Gasteiger partial charge in [-0.15, -0.1) is 5.10 Å². The number of carbonyl (C=O) groups excluding carboxylic acids is 1. The number of tetrazole rings is 1. The number of amides is 1. The van der Waals surface area contributed by atoms with Crippen LogP contribution in [0.1, 0.15) is 35.0 Å². The summed E-state index contributed by atoms with van der Waals surface area (Å²) >= 11 is 0. The molecule has 1 aliphatic heterocycles. The molecule has 1 saturated heterocycles. The molecule has 12 heteroatoms. The van der Waals surface area contributed by atoms with Crippen LogP contribution in [0.15, 0.2) is 33.6 Å². The molecule has 158 valence electrons. The average Bonchev–Trinajstić information content (AvgIpc) is 3.44. The van der Waals surface area contributed by atoms with Crippen molar-refractivity contribution in [3.63, 3.8) is 0 Å². The van der Waals surface area contributed by atoms with Crippen LogP contribution in [0.2, 0.25) is 0 Å². The lowest BCUT2D eigenvalue weighted by Gasteiger charge is -2.14. The monoisotopic (exact) mass is 434 g/mol. The van der Waals surface area contributed by atoms with Crippen LogP contribution in [0, 0.1) is 19.7 Å². The maximum absolute atomic E-state index is 14.2. The molecule has 0 radical (unpaired) electrons. The number of halogens is 1. The molecule has 3 heterocycles. The number of rotatable bonds is 5. The lowest BCUT2D eigenvalue weighted by atomic mass is 10.2. The minimum absolute atomic E-state index is 0.0290. The Morgan fingerprint density at radius 2 is 1.93 bits per heavy atom. The van der Waals surface area contributed by atoms with E-state index in [0.717, 1.165) is 12.8 Å². The first-order chi connectivity index (χ1) is 14.3. The van der Waals surface area contributed by atoms with E-state index in [9.17, 15) is 17.6 Å². The summed E-state index contributed by atoms with van der Waals surface area (Å²) in [6.45, 7) is 4.00. The van der Waals surface area contributed by atoms with Gasteiger partial charge in [0.2, 0.25) is 10.0 Å². The number of hydrogen-bond acceptors (Lipinski definition) is 7. The zero-order chi connectivity index (χ0) is 21.5. The molecular weight excluding hydrogens is 415 g/mol. The molecular formula is C18H19FN6O4S. The molecule has 0 unspecified atom stereocenters. The molecule has 1 amide bonds. The van der Waals surface area contributed by atoms with Crippen molar-refractivity contribution in [3.8, 4) is 5.69 Å². The molecule has 1 N–H and O–H groups in total. The number of aromatic nitrogens is 4. The predicted molar refractivity (Wildman–Crippen MR) is 103 cm³/mol. The molecule has 0 bridgehead atoms. The SMILES string of the molecule is Cc1oc(C(=O)Nc2ccc(F)c(-n3nnnc3C)c2)cc1S(=O)(=O)N1CCCC1. The lowest BCUT2D eigenvalue weighted by Crippen LogP contribution is -2.28. The molecule has 0 saturated carbocycles. The van der Waals surface area contributed by atoms with Crippen LogP contribution in [-0.4, -0.2) is 51.9 Å². The second-order valence-corrected chi connectivity index (χ2v) is 8.81. The molecule has 1 fully saturated rings. The standard InChI is InChI=1S/C18H19FN6O4S/c1-11-17(30(27,28)24-7-3-4-8-24)10-16(29-11)18(26)20-13-5-6-14(19)15(9-13)25-12(2)21-22-23-25/h5-6,9-10H,3-4,7-8H2,1-2H3,(H,20,26). The van der Waals surface area contributed by atoms with E-state index < -0.39 is 21.7 Å². The topological polar surface area (TPSA) is 123 Å². The molecule has 0 aliphatic carbocycles. The average molecular weight is 434 g/mol. The van der Waals surface area contributed by atoms with Gasteiger partial charge >= 0.3 is 0 Å². The molecule has 0 atom stereocenters. The molecule has 0 spiro atoms. The van der Waals surface area contributed by atoms with Crippen LogP contribution in [-0.2, 0) is 10.0 Å². The van der Waals surface area contributed by atoms with Crippen molar-refractivity contribution in [2.75, 3.05) is 18.4 Å². The van der Waals surface area contributed by atoms with Gasteiger partial charge in [-0.2, -0.15) is 8.99 Å². The van der Waals surface area contributed by atoms with Crippen molar-refractivity contribution in [1.29, 1.82) is 0 Å². The minimum Gasteiger partial charge on any atom is -0.455 e. The number of hydrogen-bond donors (Lipinski definition) is 1. The van der Waals surface area contributed by atoms with Crippen LogP contribution < -0.4 is 5.32 Å². The van der Waals surface area contributed by atoms with Crippen LogP contribution in [0.25, 0.3) is 5.69 Å². The summed E-state index contributed by atoms with van der Waals surface area (Å²) in [6.07, 6.45) is 1.61. The summed E-state index contributed by atoms with van der Waals surface area (Å²) in [6, 6.07) is 5.12. The van der Waals surface area contributed by atoms with Crippen LogP contribution in [0.3, 0.4) is 0 Å². The van der Waals surface area contributed by atoms with Gasteiger partial charge in [0.25, 0.3) is 5.91 Å². The van der Waals surface area contributed by atoms with Crippen molar-refractivity contribution < 1.29 is 22.0 Å². The molecule has 2 aromatic heterocycles. The summed E-state index contributed by atoms with van der Waals surface area (Å²) < 4.78 is 47.7. The number of nitrogens with one attached hydrogen (secondary N) is 1. The van der Waals surface area contributed by atoms with E-state index in [-0.39, 0.29) is 27.8 Å². The molecule has 3 aromatic rings.